The Morgan fingerprint density at radius 1 is 0.714 bits per heavy atom. The predicted molar refractivity (Wildman–Crippen MR) is 106 cm³/mol. The largest absolute Gasteiger partial charge is 0.466 e. The van der Waals surface area contributed by atoms with E-state index in [0.29, 0.717) is 19.4 Å². The van der Waals surface area contributed by atoms with Crippen molar-refractivity contribution >= 4 is 17.9 Å². The van der Waals surface area contributed by atoms with Crippen LogP contribution in [0, 0.1) is 5.92 Å². The van der Waals surface area contributed by atoms with Gasteiger partial charge in [-0.1, -0.05) is 39.5 Å². The Balaban J connectivity index is 3.40. The smallest absolute Gasteiger partial charge is 0.308 e. The van der Waals surface area contributed by atoms with Gasteiger partial charge in [-0.3, -0.25) is 14.4 Å². The van der Waals surface area contributed by atoms with Crippen molar-refractivity contribution in [2.24, 2.45) is 5.92 Å². The number of carbonyl (C=O) groups is 3. The van der Waals surface area contributed by atoms with Crippen molar-refractivity contribution in [3.05, 3.63) is 0 Å². The third-order valence-corrected chi connectivity index (χ3v) is 4.43. The quantitative estimate of drug-likeness (QED) is 0.213. The second-order valence-electron chi connectivity index (χ2n) is 6.97. The van der Waals surface area contributed by atoms with Gasteiger partial charge in [0.25, 0.3) is 0 Å². The van der Waals surface area contributed by atoms with Crippen molar-refractivity contribution in [3.8, 4) is 0 Å². The molecule has 0 saturated heterocycles. The molecule has 0 radical (unpaired) electrons. The molecule has 1 unspecified atom stereocenters. The highest BCUT2D eigenvalue weighted by Gasteiger charge is 2.12. The van der Waals surface area contributed by atoms with E-state index in [1.807, 2.05) is 6.92 Å². The number of hydrogen-bond acceptors (Lipinski definition) is 7. The Hall–Kier alpha value is -1.63. The summed E-state index contributed by atoms with van der Waals surface area (Å²) in [5, 5.41) is 8.67. The first-order valence-electron chi connectivity index (χ1n) is 10.6. The first-order chi connectivity index (χ1) is 13.5. The standard InChI is InChI=1S/C21H38O7/c1-3-18(2)21(25)28-17-16-27-20(24)13-9-5-7-11-15-26-19(23)12-8-4-6-10-14-22/h18,22H,3-17H2,1-2H3. The summed E-state index contributed by atoms with van der Waals surface area (Å²) in [6.45, 7) is 4.53. The first-order valence-corrected chi connectivity index (χ1v) is 10.6. The summed E-state index contributed by atoms with van der Waals surface area (Å²) in [6, 6.07) is 0. The third-order valence-electron chi connectivity index (χ3n) is 4.43. The van der Waals surface area contributed by atoms with Crippen molar-refractivity contribution in [1.82, 2.24) is 0 Å². The van der Waals surface area contributed by atoms with Crippen LogP contribution in [0.15, 0.2) is 0 Å². The van der Waals surface area contributed by atoms with E-state index in [4.69, 9.17) is 19.3 Å². The molecule has 0 aromatic heterocycles. The lowest BCUT2D eigenvalue weighted by molar-refractivity contribution is -0.154. The summed E-state index contributed by atoms with van der Waals surface area (Å²) in [5.74, 6) is -0.846. The Labute approximate surface area is 169 Å². The van der Waals surface area contributed by atoms with Crippen LogP contribution in [-0.2, 0) is 28.6 Å². The lowest BCUT2D eigenvalue weighted by Gasteiger charge is -2.09. The van der Waals surface area contributed by atoms with E-state index in [9.17, 15) is 14.4 Å². The molecule has 0 spiro atoms. The lowest BCUT2D eigenvalue weighted by Crippen LogP contribution is -2.18. The van der Waals surface area contributed by atoms with Crippen molar-refractivity contribution in [2.45, 2.75) is 84.5 Å². The van der Waals surface area contributed by atoms with E-state index in [0.717, 1.165) is 57.8 Å². The van der Waals surface area contributed by atoms with Gasteiger partial charge >= 0.3 is 17.9 Å². The SMILES string of the molecule is CCC(C)C(=O)OCCOC(=O)CCCCCCOC(=O)CCCCCCO. The summed E-state index contributed by atoms with van der Waals surface area (Å²) in [5.41, 5.74) is 0. The number of ether oxygens (including phenoxy) is 3. The van der Waals surface area contributed by atoms with Crippen molar-refractivity contribution < 1.29 is 33.7 Å². The molecule has 0 rings (SSSR count). The topological polar surface area (TPSA) is 99.1 Å². The lowest BCUT2D eigenvalue weighted by atomic mass is 10.1. The fraction of sp³-hybridized carbons (Fsp3) is 0.857. The normalized spacial score (nSPS) is 11.7. The average molecular weight is 403 g/mol. The van der Waals surface area contributed by atoms with Crippen LogP contribution in [0.25, 0.3) is 0 Å². The molecular weight excluding hydrogens is 364 g/mol. The van der Waals surface area contributed by atoms with Gasteiger partial charge in [-0.2, -0.15) is 0 Å². The molecule has 0 aromatic rings. The zero-order valence-corrected chi connectivity index (χ0v) is 17.6. The summed E-state index contributed by atoms with van der Waals surface area (Å²) in [6.07, 6.45) is 8.25. The third kappa shape index (κ3) is 16.5. The minimum absolute atomic E-state index is 0.0942. The molecule has 28 heavy (non-hydrogen) atoms. The van der Waals surface area contributed by atoms with Gasteiger partial charge in [0.05, 0.1) is 12.5 Å². The van der Waals surface area contributed by atoms with Crippen LogP contribution >= 0.6 is 0 Å². The number of hydrogen-bond donors (Lipinski definition) is 1. The van der Waals surface area contributed by atoms with E-state index in [-0.39, 0.29) is 43.6 Å². The molecule has 0 bridgehead atoms. The van der Waals surface area contributed by atoms with Gasteiger partial charge in [-0.05, 0) is 32.1 Å². The number of rotatable bonds is 18. The summed E-state index contributed by atoms with van der Waals surface area (Å²) in [4.78, 5) is 34.5. The van der Waals surface area contributed by atoms with E-state index in [1.54, 1.807) is 6.92 Å². The summed E-state index contributed by atoms with van der Waals surface area (Å²) < 4.78 is 15.2. The van der Waals surface area contributed by atoms with Crippen LogP contribution in [0.5, 0.6) is 0 Å². The van der Waals surface area contributed by atoms with Gasteiger partial charge in [-0.25, -0.2) is 0 Å². The van der Waals surface area contributed by atoms with E-state index in [1.165, 1.54) is 0 Å². The van der Waals surface area contributed by atoms with Crippen molar-refractivity contribution in [2.75, 3.05) is 26.4 Å². The molecule has 1 N–H and O–H groups in total. The maximum atomic E-state index is 11.6. The molecule has 1 atom stereocenters. The second-order valence-corrected chi connectivity index (χ2v) is 6.97. The highest BCUT2D eigenvalue weighted by atomic mass is 16.6. The number of unbranched alkanes of at least 4 members (excludes halogenated alkanes) is 6. The van der Waals surface area contributed by atoms with Crippen LogP contribution in [0.2, 0.25) is 0 Å². The maximum Gasteiger partial charge on any atom is 0.308 e. The van der Waals surface area contributed by atoms with E-state index < -0.39 is 0 Å². The first kappa shape index (κ1) is 26.4. The van der Waals surface area contributed by atoms with Crippen molar-refractivity contribution in [3.63, 3.8) is 0 Å². The minimum Gasteiger partial charge on any atom is -0.466 e. The van der Waals surface area contributed by atoms with E-state index >= 15 is 0 Å². The number of carbonyl (C=O) groups excluding carboxylic acids is 3. The number of aliphatic hydroxyl groups excluding tert-OH is 1. The van der Waals surface area contributed by atoms with Crippen molar-refractivity contribution in [1.29, 1.82) is 0 Å². The molecule has 0 aliphatic rings. The van der Waals surface area contributed by atoms with Gasteiger partial charge in [-0.15, -0.1) is 0 Å². The molecule has 0 aliphatic carbocycles. The Morgan fingerprint density at radius 2 is 1.21 bits per heavy atom. The Kier molecular flexibility index (Phi) is 17.6. The highest BCUT2D eigenvalue weighted by Crippen LogP contribution is 2.07. The Bertz CT molecular complexity index is 423. The summed E-state index contributed by atoms with van der Waals surface area (Å²) in [7, 11) is 0. The van der Waals surface area contributed by atoms with Crippen LogP contribution < -0.4 is 0 Å². The molecule has 0 heterocycles. The monoisotopic (exact) mass is 402 g/mol. The Morgan fingerprint density at radius 3 is 1.79 bits per heavy atom. The van der Waals surface area contributed by atoms with Gasteiger partial charge in [0.15, 0.2) is 0 Å². The van der Waals surface area contributed by atoms with Gasteiger partial charge in [0.1, 0.15) is 13.2 Å². The average Bonchev–Trinajstić information content (AvgIpc) is 2.69. The number of aliphatic hydroxyl groups is 1. The fourth-order valence-corrected chi connectivity index (χ4v) is 2.40. The molecule has 7 heteroatoms. The number of esters is 3. The zero-order chi connectivity index (χ0) is 21.0. The van der Waals surface area contributed by atoms with Crippen LogP contribution in [0.3, 0.4) is 0 Å². The van der Waals surface area contributed by atoms with E-state index in [2.05, 4.69) is 0 Å². The highest BCUT2D eigenvalue weighted by molar-refractivity contribution is 5.72. The van der Waals surface area contributed by atoms with Crippen LogP contribution in [-0.4, -0.2) is 49.4 Å². The molecule has 0 aromatic carbocycles. The maximum absolute atomic E-state index is 11.6. The predicted octanol–water partition coefficient (Wildman–Crippen LogP) is 3.56. The van der Waals surface area contributed by atoms with Gasteiger partial charge in [0.2, 0.25) is 0 Å². The molecule has 0 saturated carbocycles. The molecule has 0 amide bonds. The summed E-state index contributed by atoms with van der Waals surface area (Å²) >= 11 is 0. The zero-order valence-electron chi connectivity index (χ0n) is 17.6. The van der Waals surface area contributed by atoms with Gasteiger partial charge < -0.3 is 19.3 Å². The molecular formula is C21H38O7. The second kappa shape index (κ2) is 18.7. The molecule has 0 fully saturated rings. The fourth-order valence-electron chi connectivity index (χ4n) is 2.40. The van der Waals surface area contributed by atoms with Crippen LogP contribution in [0.1, 0.15) is 84.5 Å². The molecule has 0 aliphatic heterocycles. The van der Waals surface area contributed by atoms with Crippen LogP contribution in [0.4, 0.5) is 0 Å². The van der Waals surface area contributed by atoms with Gasteiger partial charge in [0, 0.05) is 19.4 Å². The molecule has 7 nitrogen and oxygen atoms in total. The molecule has 164 valence electrons. The minimum atomic E-state index is -0.285.